The van der Waals surface area contributed by atoms with Gasteiger partial charge >= 0.3 is 0 Å². The second kappa shape index (κ2) is 10.7. The van der Waals surface area contributed by atoms with Crippen molar-refractivity contribution < 1.29 is 13.2 Å². The molecule has 0 amide bonds. The van der Waals surface area contributed by atoms with Gasteiger partial charge in [0.25, 0.3) is 0 Å². The third kappa shape index (κ3) is 7.49. The molecule has 0 radical (unpaired) electrons. The number of benzene rings is 1. The summed E-state index contributed by atoms with van der Waals surface area (Å²) in [7, 11) is -1.72. The number of halogens is 1. The highest BCUT2D eigenvalue weighted by Crippen LogP contribution is 2.14. The van der Waals surface area contributed by atoms with Gasteiger partial charge in [0.2, 0.25) is 10.0 Å². The summed E-state index contributed by atoms with van der Waals surface area (Å²) in [5, 5.41) is 6.79. The van der Waals surface area contributed by atoms with Crippen LogP contribution in [0.25, 0.3) is 0 Å². The summed E-state index contributed by atoms with van der Waals surface area (Å²) < 4.78 is 32.3. The van der Waals surface area contributed by atoms with Crippen molar-refractivity contribution in [2.75, 3.05) is 32.5 Å². The van der Waals surface area contributed by atoms with Gasteiger partial charge in [0.15, 0.2) is 5.96 Å². The average molecular weight is 403 g/mol. The highest BCUT2D eigenvalue weighted by atomic mass is 35.5. The predicted octanol–water partition coefficient (Wildman–Crippen LogP) is 1.49. The molecule has 0 saturated carbocycles. The molecule has 9 heteroatoms. The summed E-state index contributed by atoms with van der Waals surface area (Å²) in [4.78, 5) is 4.09. The number of hydrogen-bond donors (Lipinski definition) is 3. The molecule has 0 spiro atoms. The van der Waals surface area contributed by atoms with Crippen LogP contribution in [0, 0.1) is 0 Å². The zero-order chi connectivity index (χ0) is 18.8. The number of hydrogen-bond acceptors (Lipinski definition) is 4. The standard InChI is InChI=1S/C17H27ClN4O3S/c1-19-17(21-12-14-6-2-3-8-16(14)18)20-9-11-26(23,24)22-13-15-7-4-5-10-25-15/h2-3,6,8,15,22H,4-5,7,9-13H2,1H3,(H2,19,20,21). The first kappa shape index (κ1) is 21.0. The lowest BCUT2D eigenvalue weighted by Crippen LogP contribution is -2.42. The number of nitrogens with one attached hydrogen (secondary N) is 3. The van der Waals surface area contributed by atoms with E-state index in [1.165, 1.54) is 0 Å². The van der Waals surface area contributed by atoms with Gasteiger partial charge in [-0.1, -0.05) is 29.8 Å². The Hall–Kier alpha value is -1.35. The van der Waals surface area contributed by atoms with Gasteiger partial charge in [0.05, 0.1) is 11.9 Å². The van der Waals surface area contributed by atoms with E-state index in [0.29, 0.717) is 30.7 Å². The Morgan fingerprint density at radius 3 is 2.81 bits per heavy atom. The smallest absolute Gasteiger partial charge is 0.213 e. The van der Waals surface area contributed by atoms with Crippen molar-refractivity contribution in [1.82, 2.24) is 15.4 Å². The molecular formula is C17H27ClN4O3S. The largest absolute Gasteiger partial charge is 0.377 e. The predicted molar refractivity (Wildman–Crippen MR) is 105 cm³/mol. The number of rotatable bonds is 8. The molecule has 3 N–H and O–H groups in total. The Bertz CT molecular complexity index is 691. The number of aliphatic imine (C=N–C) groups is 1. The molecule has 146 valence electrons. The van der Waals surface area contributed by atoms with Crippen LogP contribution in [0.2, 0.25) is 5.02 Å². The van der Waals surface area contributed by atoms with Crippen LogP contribution >= 0.6 is 11.6 Å². The highest BCUT2D eigenvalue weighted by Gasteiger charge is 2.17. The van der Waals surface area contributed by atoms with Gasteiger partial charge < -0.3 is 15.4 Å². The average Bonchev–Trinajstić information content (AvgIpc) is 2.65. The van der Waals surface area contributed by atoms with Gasteiger partial charge in [-0.2, -0.15) is 0 Å². The Morgan fingerprint density at radius 1 is 1.31 bits per heavy atom. The molecule has 1 fully saturated rings. The van der Waals surface area contributed by atoms with E-state index in [1.54, 1.807) is 7.05 Å². The maximum atomic E-state index is 12.1. The maximum Gasteiger partial charge on any atom is 0.213 e. The monoisotopic (exact) mass is 402 g/mol. The molecule has 1 atom stereocenters. The number of sulfonamides is 1. The molecule has 1 unspecified atom stereocenters. The lowest BCUT2D eigenvalue weighted by molar-refractivity contribution is 0.0200. The number of guanidine groups is 1. The lowest BCUT2D eigenvalue weighted by Gasteiger charge is -2.22. The van der Waals surface area contributed by atoms with Crippen molar-refractivity contribution in [1.29, 1.82) is 0 Å². The SMILES string of the molecule is CN=C(NCCS(=O)(=O)NCC1CCCCO1)NCc1ccccc1Cl. The summed E-state index contributed by atoms with van der Waals surface area (Å²) in [5.74, 6) is 0.489. The molecule has 1 aromatic carbocycles. The van der Waals surface area contributed by atoms with Crippen LogP contribution < -0.4 is 15.4 Å². The summed E-state index contributed by atoms with van der Waals surface area (Å²) in [6, 6.07) is 7.52. The van der Waals surface area contributed by atoms with Crippen LogP contribution in [-0.2, 0) is 21.3 Å². The summed E-state index contributed by atoms with van der Waals surface area (Å²) in [5.41, 5.74) is 0.943. The van der Waals surface area contributed by atoms with E-state index in [-0.39, 0.29) is 18.4 Å². The van der Waals surface area contributed by atoms with E-state index in [2.05, 4.69) is 20.3 Å². The Balaban J connectivity index is 1.69. The van der Waals surface area contributed by atoms with E-state index < -0.39 is 10.0 Å². The fourth-order valence-electron chi connectivity index (χ4n) is 2.61. The van der Waals surface area contributed by atoms with Gasteiger partial charge in [-0.3, -0.25) is 4.99 Å². The first-order valence-electron chi connectivity index (χ1n) is 8.77. The van der Waals surface area contributed by atoms with E-state index >= 15 is 0 Å². The van der Waals surface area contributed by atoms with Crippen molar-refractivity contribution in [3.8, 4) is 0 Å². The number of ether oxygens (including phenoxy) is 1. The molecule has 1 aromatic rings. The van der Waals surface area contributed by atoms with Crippen LogP contribution in [0.3, 0.4) is 0 Å². The van der Waals surface area contributed by atoms with Gasteiger partial charge in [0.1, 0.15) is 0 Å². The van der Waals surface area contributed by atoms with Crippen molar-refractivity contribution in [3.63, 3.8) is 0 Å². The molecule has 1 heterocycles. The number of nitrogens with zero attached hydrogens (tertiary/aromatic N) is 1. The van der Waals surface area contributed by atoms with E-state index in [0.717, 1.165) is 24.8 Å². The molecule has 0 aliphatic carbocycles. The zero-order valence-electron chi connectivity index (χ0n) is 15.0. The quantitative estimate of drug-likeness (QED) is 0.452. The molecule has 7 nitrogen and oxygen atoms in total. The second-order valence-corrected chi connectivity index (χ2v) is 8.43. The van der Waals surface area contributed by atoms with Gasteiger partial charge in [-0.25, -0.2) is 13.1 Å². The van der Waals surface area contributed by atoms with Crippen LogP contribution in [0.1, 0.15) is 24.8 Å². The highest BCUT2D eigenvalue weighted by molar-refractivity contribution is 7.89. The topological polar surface area (TPSA) is 91.8 Å². The minimum Gasteiger partial charge on any atom is -0.377 e. The fourth-order valence-corrected chi connectivity index (χ4v) is 3.76. The molecule has 26 heavy (non-hydrogen) atoms. The minimum atomic E-state index is -3.36. The first-order chi connectivity index (χ1) is 12.5. The van der Waals surface area contributed by atoms with E-state index in [1.807, 2.05) is 24.3 Å². The molecule has 1 aliphatic heterocycles. The van der Waals surface area contributed by atoms with E-state index in [9.17, 15) is 8.42 Å². The molecule has 2 rings (SSSR count). The summed E-state index contributed by atoms with van der Waals surface area (Å²) in [6.45, 7) is 1.80. The Kier molecular flexibility index (Phi) is 8.64. The van der Waals surface area contributed by atoms with Crippen molar-refractivity contribution in [2.24, 2.45) is 4.99 Å². The molecule has 0 bridgehead atoms. The molecule has 1 saturated heterocycles. The lowest BCUT2D eigenvalue weighted by atomic mass is 10.1. The normalized spacial score (nSPS) is 18.5. The van der Waals surface area contributed by atoms with Crippen LogP contribution in [-0.4, -0.2) is 53.0 Å². The summed E-state index contributed by atoms with van der Waals surface area (Å²) >= 11 is 6.12. The van der Waals surface area contributed by atoms with Crippen LogP contribution in [0.4, 0.5) is 0 Å². The van der Waals surface area contributed by atoms with E-state index in [4.69, 9.17) is 16.3 Å². The zero-order valence-corrected chi connectivity index (χ0v) is 16.6. The minimum absolute atomic E-state index is 0.0171. The van der Waals surface area contributed by atoms with Gasteiger partial charge in [-0.05, 0) is 30.9 Å². The molecular weight excluding hydrogens is 376 g/mol. The molecule has 1 aliphatic rings. The summed E-state index contributed by atoms with van der Waals surface area (Å²) in [6.07, 6.45) is 3.02. The molecule has 0 aromatic heterocycles. The second-order valence-electron chi connectivity index (χ2n) is 6.10. The van der Waals surface area contributed by atoms with Gasteiger partial charge in [-0.15, -0.1) is 0 Å². The fraction of sp³-hybridized carbons (Fsp3) is 0.588. The first-order valence-corrected chi connectivity index (χ1v) is 10.8. The third-order valence-corrected chi connectivity index (χ3v) is 5.81. The van der Waals surface area contributed by atoms with Crippen molar-refractivity contribution >= 4 is 27.6 Å². The van der Waals surface area contributed by atoms with Crippen LogP contribution in [0.5, 0.6) is 0 Å². The van der Waals surface area contributed by atoms with Gasteiger partial charge in [0, 0.05) is 38.3 Å². The Morgan fingerprint density at radius 2 is 2.12 bits per heavy atom. The van der Waals surface area contributed by atoms with Crippen molar-refractivity contribution in [3.05, 3.63) is 34.9 Å². The third-order valence-electron chi connectivity index (χ3n) is 4.10. The van der Waals surface area contributed by atoms with Crippen molar-refractivity contribution in [2.45, 2.75) is 31.9 Å². The van der Waals surface area contributed by atoms with Crippen LogP contribution in [0.15, 0.2) is 29.3 Å². The Labute approximate surface area is 160 Å². The maximum absolute atomic E-state index is 12.1.